The molecular formula is C19H17FN4O2. The van der Waals surface area contributed by atoms with Crippen molar-refractivity contribution in [3.05, 3.63) is 71.9 Å². The van der Waals surface area contributed by atoms with Gasteiger partial charge in [0.2, 0.25) is 11.8 Å². The molecule has 1 fully saturated rings. The lowest BCUT2D eigenvalue weighted by Crippen LogP contribution is -2.52. The number of hydrogen-bond acceptors (Lipinski definition) is 3. The van der Waals surface area contributed by atoms with E-state index in [-0.39, 0.29) is 23.8 Å². The number of fused-ring (bicyclic) bond motifs is 1. The Hall–Kier alpha value is -3.22. The number of imidazole rings is 1. The fourth-order valence-electron chi connectivity index (χ4n) is 3.27. The van der Waals surface area contributed by atoms with Crippen LogP contribution in [0.5, 0.6) is 0 Å². The number of nitrogens with one attached hydrogen (secondary N) is 1. The maximum absolute atomic E-state index is 14.2. The number of benzene rings is 1. The fraction of sp³-hybridized carbons (Fsp3) is 0.211. The van der Waals surface area contributed by atoms with Crippen LogP contribution < -0.4 is 5.32 Å². The van der Waals surface area contributed by atoms with Crippen LogP contribution in [0.3, 0.4) is 0 Å². The van der Waals surface area contributed by atoms with Gasteiger partial charge in [-0.3, -0.25) is 9.59 Å². The van der Waals surface area contributed by atoms with E-state index in [9.17, 15) is 14.0 Å². The molecule has 1 aromatic carbocycles. The van der Waals surface area contributed by atoms with Crippen LogP contribution in [0.25, 0.3) is 5.65 Å². The zero-order valence-corrected chi connectivity index (χ0v) is 13.9. The van der Waals surface area contributed by atoms with Crippen molar-refractivity contribution in [1.29, 1.82) is 0 Å². The largest absolute Gasteiger partial charge is 0.352 e. The zero-order chi connectivity index (χ0) is 18.1. The average Bonchev–Trinajstić information content (AvgIpc) is 3.04. The van der Waals surface area contributed by atoms with Crippen LogP contribution in [-0.4, -0.2) is 39.2 Å². The third-order valence-corrected chi connectivity index (χ3v) is 4.48. The van der Waals surface area contributed by atoms with Gasteiger partial charge in [-0.25, -0.2) is 9.37 Å². The molecule has 7 heteroatoms. The molecule has 1 unspecified atom stereocenters. The van der Waals surface area contributed by atoms with Gasteiger partial charge in [0, 0.05) is 31.0 Å². The number of carbonyl (C=O) groups is 2. The first-order valence-corrected chi connectivity index (χ1v) is 8.38. The molecule has 0 spiro atoms. The lowest BCUT2D eigenvalue weighted by atomic mass is 10.0. The van der Waals surface area contributed by atoms with Crippen molar-refractivity contribution in [3.8, 4) is 0 Å². The van der Waals surface area contributed by atoms with Crippen LogP contribution in [-0.2, 0) is 16.0 Å². The predicted octanol–water partition coefficient (Wildman–Crippen LogP) is 1.72. The van der Waals surface area contributed by atoms with E-state index >= 15 is 0 Å². The van der Waals surface area contributed by atoms with E-state index in [1.54, 1.807) is 18.3 Å². The summed E-state index contributed by atoms with van der Waals surface area (Å²) in [4.78, 5) is 31.1. The SMILES string of the molecule is O=C1NCCN(C(=O)Cc2cn3ccccc3n2)C1c1ccccc1F. The first-order chi connectivity index (χ1) is 12.6. The van der Waals surface area contributed by atoms with Crippen molar-refractivity contribution in [2.24, 2.45) is 0 Å². The molecule has 3 heterocycles. The first-order valence-electron chi connectivity index (χ1n) is 8.38. The molecule has 0 radical (unpaired) electrons. The van der Waals surface area contributed by atoms with Gasteiger partial charge in [0.05, 0.1) is 12.1 Å². The summed E-state index contributed by atoms with van der Waals surface area (Å²) < 4.78 is 16.1. The highest BCUT2D eigenvalue weighted by molar-refractivity contribution is 5.90. The van der Waals surface area contributed by atoms with Crippen molar-refractivity contribution in [2.75, 3.05) is 13.1 Å². The van der Waals surface area contributed by atoms with Gasteiger partial charge in [0.25, 0.3) is 0 Å². The van der Waals surface area contributed by atoms with E-state index < -0.39 is 11.9 Å². The number of halogens is 1. The second-order valence-electron chi connectivity index (χ2n) is 6.18. The smallest absolute Gasteiger partial charge is 0.247 e. The molecule has 26 heavy (non-hydrogen) atoms. The molecule has 132 valence electrons. The highest BCUT2D eigenvalue weighted by Gasteiger charge is 2.35. The van der Waals surface area contributed by atoms with Gasteiger partial charge in [-0.15, -0.1) is 0 Å². The van der Waals surface area contributed by atoms with E-state index in [4.69, 9.17) is 0 Å². The van der Waals surface area contributed by atoms with E-state index in [1.165, 1.54) is 17.0 Å². The van der Waals surface area contributed by atoms with Gasteiger partial charge in [-0.1, -0.05) is 24.3 Å². The Morgan fingerprint density at radius 3 is 2.85 bits per heavy atom. The Morgan fingerprint density at radius 2 is 2.04 bits per heavy atom. The molecule has 0 bridgehead atoms. The minimum Gasteiger partial charge on any atom is -0.352 e. The molecule has 1 saturated heterocycles. The monoisotopic (exact) mass is 352 g/mol. The topological polar surface area (TPSA) is 66.7 Å². The van der Waals surface area contributed by atoms with Gasteiger partial charge >= 0.3 is 0 Å². The van der Waals surface area contributed by atoms with Crippen LogP contribution in [0.4, 0.5) is 4.39 Å². The fourth-order valence-corrected chi connectivity index (χ4v) is 3.27. The summed E-state index contributed by atoms with van der Waals surface area (Å²) in [6.45, 7) is 0.678. The number of rotatable bonds is 3. The van der Waals surface area contributed by atoms with Gasteiger partial charge in [-0.05, 0) is 18.2 Å². The molecular weight excluding hydrogens is 335 g/mol. The van der Waals surface area contributed by atoms with Crippen LogP contribution in [0.15, 0.2) is 54.9 Å². The van der Waals surface area contributed by atoms with Gasteiger partial charge < -0.3 is 14.6 Å². The molecule has 1 aliphatic rings. The number of nitrogens with zero attached hydrogens (tertiary/aromatic N) is 3. The second kappa shape index (κ2) is 6.59. The molecule has 2 aromatic heterocycles. The first kappa shape index (κ1) is 16.3. The Morgan fingerprint density at radius 1 is 1.23 bits per heavy atom. The summed E-state index contributed by atoms with van der Waals surface area (Å²) in [6, 6.07) is 10.7. The van der Waals surface area contributed by atoms with Crippen molar-refractivity contribution >= 4 is 17.5 Å². The van der Waals surface area contributed by atoms with Crippen LogP contribution in [0.1, 0.15) is 17.3 Å². The lowest BCUT2D eigenvalue weighted by molar-refractivity contribution is -0.143. The van der Waals surface area contributed by atoms with Crippen LogP contribution in [0, 0.1) is 5.82 Å². The van der Waals surface area contributed by atoms with Gasteiger partial charge in [-0.2, -0.15) is 0 Å². The minimum atomic E-state index is -0.963. The van der Waals surface area contributed by atoms with Crippen LogP contribution >= 0.6 is 0 Å². The van der Waals surface area contributed by atoms with E-state index in [2.05, 4.69) is 10.3 Å². The van der Waals surface area contributed by atoms with Crippen LogP contribution in [0.2, 0.25) is 0 Å². The maximum Gasteiger partial charge on any atom is 0.247 e. The molecule has 4 rings (SSSR count). The Labute approximate surface area is 149 Å². The predicted molar refractivity (Wildman–Crippen MR) is 92.8 cm³/mol. The van der Waals surface area contributed by atoms with Gasteiger partial charge in [0.15, 0.2) is 0 Å². The standard InChI is InChI=1S/C19H17FN4O2/c20-15-6-2-1-5-14(15)18-19(26)21-8-10-24(18)17(25)11-13-12-23-9-4-3-7-16(23)22-13/h1-7,9,12,18H,8,10-11H2,(H,21,26). The van der Waals surface area contributed by atoms with E-state index in [1.807, 2.05) is 28.8 Å². The number of piperazine rings is 1. The molecule has 6 nitrogen and oxygen atoms in total. The van der Waals surface area contributed by atoms with Crippen molar-refractivity contribution in [1.82, 2.24) is 19.6 Å². The molecule has 0 aliphatic carbocycles. The molecule has 0 saturated carbocycles. The summed E-state index contributed by atoms with van der Waals surface area (Å²) >= 11 is 0. The Kier molecular flexibility index (Phi) is 4.12. The third kappa shape index (κ3) is 2.92. The maximum atomic E-state index is 14.2. The molecule has 3 aromatic rings. The highest BCUT2D eigenvalue weighted by atomic mass is 19.1. The summed E-state index contributed by atoms with van der Waals surface area (Å²) in [5.41, 5.74) is 1.56. The summed E-state index contributed by atoms with van der Waals surface area (Å²) in [5.74, 6) is -1.12. The highest BCUT2D eigenvalue weighted by Crippen LogP contribution is 2.26. The van der Waals surface area contributed by atoms with Gasteiger partial charge in [0.1, 0.15) is 17.5 Å². The number of pyridine rings is 1. The van der Waals surface area contributed by atoms with Crippen molar-refractivity contribution in [3.63, 3.8) is 0 Å². The lowest BCUT2D eigenvalue weighted by Gasteiger charge is -2.35. The molecule has 1 atom stereocenters. The quantitative estimate of drug-likeness (QED) is 0.780. The minimum absolute atomic E-state index is 0.0555. The number of carbonyl (C=O) groups excluding carboxylic acids is 2. The van der Waals surface area contributed by atoms with Crippen molar-refractivity contribution in [2.45, 2.75) is 12.5 Å². The van der Waals surface area contributed by atoms with E-state index in [0.717, 1.165) is 5.65 Å². The third-order valence-electron chi connectivity index (χ3n) is 4.48. The molecule has 2 amide bonds. The molecule has 1 aliphatic heterocycles. The second-order valence-corrected chi connectivity index (χ2v) is 6.18. The number of hydrogen-bond donors (Lipinski definition) is 1. The normalized spacial score (nSPS) is 17.3. The van der Waals surface area contributed by atoms with E-state index in [0.29, 0.717) is 18.8 Å². The number of aromatic nitrogens is 2. The Balaban J connectivity index is 1.62. The average molecular weight is 352 g/mol. The Bertz CT molecular complexity index is 951. The summed E-state index contributed by atoms with van der Waals surface area (Å²) in [5, 5.41) is 2.71. The van der Waals surface area contributed by atoms with Crippen molar-refractivity contribution < 1.29 is 14.0 Å². The molecule has 1 N–H and O–H groups in total. The summed E-state index contributed by atoms with van der Waals surface area (Å²) in [6.07, 6.45) is 3.70. The summed E-state index contributed by atoms with van der Waals surface area (Å²) in [7, 11) is 0. The zero-order valence-electron chi connectivity index (χ0n) is 13.9. The number of amides is 2.